The van der Waals surface area contributed by atoms with Gasteiger partial charge in [0.05, 0.1) is 17.6 Å². The third-order valence-electron chi connectivity index (χ3n) is 3.07. The van der Waals surface area contributed by atoms with E-state index in [0.29, 0.717) is 0 Å². The van der Waals surface area contributed by atoms with Crippen LogP contribution < -0.4 is 15.5 Å². The molecule has 0 aromatic carbocycles. The van der Waals surface area contributed by atoms with Crippen molar-refractivity contribution in [1.82, 2.24) is 15.2 Å². The minimum absolute atomic E-state index is 0.738. The molecule has 0 atom stereocenters. The third kappa shape index (κ3) is 2.08. The van der Waals surface area contributed by atoms with Crippen LogP contribution in [0.4, 0.5) is 16.5 Å². The predicted octanol–water partition coefficient (Wildman–Crippen LogP) is 0.842. The molecule has 0 saturated carbocycles. The van der Waals surface area contributed by atoms with Crippen molar-refractivity contribution in [3.63, 3.8) is 0 Å². The van der Waals surface area contributed by atoms with Gasteiger partial charge in [-0.25, -0.2) is 0 Å². The van der Waals surface area contributed by atoms with Crippen molar-refractivity contribution in [3.05, 3.63) is 24.0 Å². The average Bonchev–Trinajstić information content (AvgIpc) is 2.94. The Morgan fingerprint density at radius 1 is 1.17 bits per heavy atom. The van der Waals surface area contributed by atoms with Gasteiger partial charge in [-0.15, -0.1) is 10.2 Å². The maximum absolute atomic E-state index is 5.94. The van der Waals surface area contributed by atoms with E-state index in [4.69, 9.17) is 5.73 Å². The molecule has 2 N–H and O–H groups in total. The van der Waals surface area contributed by atoms with E-state index in [1.54, 1.807) is 29.2 Å². The summed E-state index contributed by atoms with van der Waals surface area (Å²) in [7, 11) is 0. The second-order valence-electron chi connectivity index (χ2n) is 4.13. The van der Waals surface area contributed by atoms with Crippen molar-refractivity contribution in [1.29, 1.82) is 0 Å². The lowest BCUT2D eigenvalue weighted by Gasteiger charge is -2.36. The summed E-state index contributed by atoms with van der Waals surface area (Å²) in [6, 6.07) is 1.97. The first-order chi connectivity index (χ1) is 8.84. The van der Waals surface area contributed by atoms with Gasteiger partial charge in [-0.1, -0.05) is 11.3 Å². The molecule has 1 fully saturated rings. The van der Waals surface area contributed by atoms with Gasteiger partial charge in [0, 0.05) is 32.4 Å². The highest BCUT2D eigenvalue weighted by Crippen LogP contribution is 2.24. The Hall–Kier alpha value is -1.89. The van der Waals surface area contributed by atoms with Crippen LogP contribution in [-0.2, 0) is 0 Å². The monoisotopic (exact) mass is 262 g/mol. The van der Waals surface area contributed by atoms with Crippen LogP contribution in [0.15, 0.2) is 24.0 Å². The zero-order valence-corrected chi connectivity index (χ0v) is 10.7. The number of anilines is 3. The first kappa shape index (κ1) is 11.2. The normalized spacial score (nSPS) is 16.0. The Morgan fingerprint density at radius 2 is 1.94 bits per heavy atom. The molecule has 1 aliphatic heterocycles. The summed E-state index contributed by atoms with van der Waals surface area (Å²) < 4.78 is 0. The van der Waals surface area contributed by atoms with E-state index in [1.165, 1.54) is 0 Å². The fourth-order valence-electron chi connectivity index (χ4n) is 2.13. The SMILES string of the molecule is Nc1cnccc1N1CCN(c2nncs2)CC1. The molecule has 0 aliphatic carbocycles. The molecule has 1 saturated heterocycles. The Labute approximate surface area is 109 Å². The summed E-state index contributed by atoms with van der Waals surface area (Å²) in [5.74, 6) is 0. The van der Waals surface area contributed by atoms with E-state index in [1.807, 2.05) is 6.07 Å². The van der Waals surface area contributed by atoms with Crippen molar-refractivity contribution in [3.8, 4) is 0 Å². The highest BCUT2D eigenvalue weighted by atomic mass is 32.1. The third-order valence-corrected chi connectivity index (χ3v) is 3.82. The van der Waals surface area contributed by atoms with E-state index in [-0.39, 0.29) is 0 Å². The van der Waals surface area contributed by atoms with Gasteiger partial charge < -0.3 is 15.5 Å². The second-order valence-corrected chi connectivity index (χ2v) is 4.94. The van der Waals surface area contributed by atoms with Crippen LogP contribution in [0.5, 0.6) is 0 Å². The molecule has 3 heterocycles. The fraction of sp³-hybridized carbons (Fsp3) is 0.364. The summed E-state index contributed by atoms with van der Waals surface area (Å²) in [6.45, 7) is 3.76. The van der Waals surface area contributed by atoms with Crippen molar-refractivity contribution >= 4 is 27.8 Å². The van der Waals surface area contributed by atoms with Crippen LogP contribution >= 0.6 is 11.3 Å². The summed E-state index contributed by atoms with van der Waals surface area (Å²) >= 11 is 1.58. The molecule has 0 spiro atoms. The molecule has 3 rings (SSSR count). The van der Waals surface area contributed by atoms with Gasteiger partial charge in [-0.2, -0.15) is 0 Å². The Morgan fingerprint density at radius 3 is 2.61 bits per heavy atom. The summed E-state index contributed by atoms with van der Waals surface area (Å²) in [5.41, 5.74) is 9.52. The van der Waals surface area contributed by atoms with E-state index >= 15 is 0 Å². The maximum Gasteiger partial charge on any atom is 0.208 e. The van der Waals surface area contributed by atoms with Crippen LogP contribution in [0.2, 0.25) is 0 Å². The zero-order valence-electron chi connectivity index (χ0n) is 9.86. The molecule has 0 amide bonds. The summed E-state index contributed by atoms with van der Waals surface area (Å²) in [6.07, 6.45) is 3.48. The smallest absolute Gasteiger partial charge is 0.208 e. The van der Waals surface area contributed by atoms with E-state index in [9.17, 15) is 0 Å². The maximum atomic E-state index is 5.94. The van der Waals surface area contributed by atoms with E-state index in [0.717, 1.165) is 42.7 Å². The Bertz CT molecular complexity index is 506. The summed E-state index contributed by atoms with van der Waals surface area (Å²) in [4.78, 5) is 8.56. The number of hydrogen-bond donors (Lipinski definition) is 1. The number of nitrogen functional groups attached to an aromatic ring is 1. The molecule has 2 aromatic rings. The Balaban J connectivity index is 1.69. The van der Waals surface area contributed by atoms with Gasteiger partial charge in [-0.3, -0.25) is 4.98 Å². The number of pyridine rings is 1. The number of nitrogens with zero attached hydrogens (tertiary/aromatic N) is 5. The molecule has 7 heteroatoms. The molecule has 18 heavy (non-hydrogen) atoms. The van der Waals surface area contributed by atoms with Crippen LogP contribution in [-0.4, -0.2) is 41.4 Å². The standard InChI is InChI=1S/C11H14N6S/c12-9-7-13-2-1-10(9)16-3-5-17(6-4-16)11-15-14-8-18-11/h1-2,7-8H,3-6,12H2. The van der Waals surface area contributed by atoms with Gasteiger partial charge in [0.2, 0.25) is 5.13 Å². The molecular weight excluding hydrogens is 248 g/mol. The van der Waals surface area contributed by atoms with Crippen LogP contribution in [0.25, 0.3) is 0 Å². The lowest BCUT2D eigenvalue weighted by Crippen LogP contribution is -2.46. The highest BCUT2D eigenvalue weighted by Gasteiger charge is 2.20. The highest BCUT2D eigenvalue weighted by molar-refractivity contribution is 7.13. The van der Waals surface area contributed by atoms with E-state index in [2.05, 4.69) is 25.0 Å². The van der Waals surface area contributed by atoms with E-state index < -0.39 is 0 Å². The number of rotatable bonds is 2. The molecule has 0 unspecified atom stereocenters. The molecule has 2 aromatic heterocycles. The van der Waals surface area contributed by atoms with Crippen molar-refractivity contribution in [2.24, 2.45) is 0 Å². The number of piperazine rings is 1. The van der Waals surface area contributed by atoms with Gasteiger partial charge in [0.1, 0.15) is 5.51 Å². The van der Waals surface area contributed by atoms with Crippen LogP contribution in [0, 0.1) is 0 Å². The van der Waals surface area contributed by atoms with Crippen molar-refractivity contribution in [2.45, 2.75) is 0 Å². The largest absolute Gasteiger partial charge is 0.396 e. The van der Waals surface area contributed by atoms with Gasteiger partial charge in [-0.05, 0) is 6.07 Å². The molecule has 1 aliphatic rings. The molecule has 94 valence electrons. The predicted molar refractivity (Wildman–Crippen MR) is 73.0 cm³/mol. The van der Waals surface area contributed by atoms with Crippen molar-refractivity contribution < 1.29 is 0 Å². The van der Waals surface area contributed by atoms with Crippen LogP contribution in [0.3, 0.4) is 0 Å². The average molecular weight is 262 g/mol. The summed E-state index contributed by atoms with van der Waals surface area (Å²) in [5, 5.41) is 8.97. The number of hydrogen-bond acceptors (Lipinski definition) is 7. The topological polar surface area (TPSA) is 71.2 Å². The lowest BCUT2D eigenvalue weighted by molar-refractivity contribution is 0.650. The molecular formula is C11H14N6S. The number of nitrogens with two attached hydrogens (primary N) is 1. The molecule has 0 radical (unpaired) electrons. The minimum Gasteiger partial charge on any atom is -0.396 e. The fourth-order valence-corrected chi connectivity index (χ4v) is 2.75. The Kier molecular flexibility index (Phi) is 2.97. The second kappa shape index (κ2) is 4.77. The first-order valence-corrected chi connectivity index (χ1v) is 6.68. The van der Waals surface area contributed by atoms with Gasteiger partial charge in [0.15, 0.2) is 0 Å². The minimum atomic E-state index is 0.738. The molecule has 0 bridgehead atoms. The van der Waals surface area contributed by atoms with Gasteiger partial charge >= 0.3 is 0 Å². The van der Waals surface area contributed by atoms with Gasteiger partial charge in [0.25, 0.3) is 0 Å². The lowest BCUT2D eigenvalue weighted by atomic mass is 10.2. The number of aromatic nitrogens is 3. The first-order valence-electron chi connectivity index (χ1n) is 5.80. The molecule has 6 nitrogen and oxygen atoms in total. The van der Waals surface area contributed by atoms with Crippen LogP contribution in [0.1, 0.15) is 0 Å². The quantitative estimate of drug-likeness (QED) is 0.865. The van der Waals surface area contributed by atoms with Crippen molar-refractivity contribution in [2.75, 3.05) is 41.7 Å². The zero-order chi connectivity index (χ0) is 12.4.